The first-order chi connectivity index (χ1) is 21.2. The van der Waals surface area contributed by atoms with Crippen molar-refractivity contribution in [2.45, 2.75) is 44.8 Å². The van der Waals surface area contributed by atoms with Gasteiger partial charge in [0.1, 0.15) is 5.69 Å². The molecule has 2 aromatic rings. The number of nitrogens with two attached hydrogens (primary N) is 1. The molecule has 0 bridgehead atoms. The van der Waals surface area contributed by atoms with Crippen molar-refractivity contribution < 1.29 is 27.8 Å². The summed E-state index contributed by atoms with van der Waals surface area (Å²) >= 11 is 0. The highest BCUT2D eigenvalue weighted by atomic mass is 19.3. The molecule has 16 heteroatoms. The molecule has 3 saturated heterocycles. The largest absolute Gasteiger partial charge is 0.377 e. The van der Waals surface area contributed by atoms with Gasteiger partial charge in [-0.1, -0.05) is 6.58 Å². The van der Waals surface area contributed by atoms with E-state index in [-0.39, 0.29) is 54.3 Å². The second-order valence-corrected chi connectivity index (χ2v) is 10.9. The number of alkyl halides is 2. The number of morpholine rings is 1. The highest BCUT2D eigenvalue weighted by Crippen LogP contribution is 2.30. The molecule has 0 radical (unpaired) electrons. The molecule has 0 unspecified atom stereocenters. The fourth-order valence-electron chi connectivity index (χ4n) is 5.55. The lowest BCUT2D eigenvalue weighted by molar-refractivity contribution is -0.135. The molecule has 0 aliphatic carbocycles. The Labute approximate surface area is 254 Å². The van der Waals surface area contributed by atoms with Gasteiger partial charge >= 0.3 is 0 Å². The van der Waals surface area contributed by atoms with Gasteiger partial charge in [0.05, 0.1) is 44.0 Å². The van der Waals surface area contributed by atoms with E-state index in [0.717, 1.165) is 12.8 Å². The van der Waals surface area contributed by atoms with Crippen LogP contribution in [0.15, 0.2) is 18.9 Å². The van der Waals surface area contributed by atoms with Crippen molar-refractivity contribution in [3.63, 3.8) is 0 Å². The monoisotopic (exact) mass is 616 g/mol. The van der Waals surface area contributed by atoms with Gasteiger partial charge in [0.15, 0.2) is 5.82 Å². The quantitative estimate of drug-likeness (QED) is 0.404. The number of hydrogen-bond donors (Lipinski definition) is 1. The van der Waals surface area contributed by atoms with Crippen molar-refractivity contribution >= 4 is 29.7 Å². The molecule has 0 saturated carbocycles. The van der Waals surface area contributed by atoms with Crippen LogP contribution in [0.1, 0.15) is 38.3 Å². The number of aromatic nitrogens is 5. The van der Waals surface area contributed by atoms with Gasteiger partial charge in [-0.25, -0.2) is 18.7 Å². The topological polar surface area (TPSA) is 156 Å². The van der Waals surface area contributed by atoms with Gasteiger partial charge in [0.2, 0.25) is 29.7 Å². The number of piperidine rings is 1. The van der Waals surface area contributed by atoms with E-state index in [4.69, 9.17) is 20.2 Å². The van der Waals surface area contributed by atoms with Crippen molar-refractivity contribution in [2.24, 2.45) is 0 Å². The Balaban J connectivity index is 1.25. The smallest absolute Gasteiger partial charge is 0.281 e. The van der Waals surface area contributed by atoms with Crippen LogP contribution in [0.25, 0.3) is 11.4 Å². The molecule has 0 aromatic carbocycles. The maximum atomic E-state index is 13.9. The number of nitrogen functional groups attached to an aromatic ring is 1. The van der Waals surface area contributed by atoms with E-state index in [1.54, 1.807) is 9.80 Å². The number of nitrogens with zero attached hydrogens (tertiary/aromatic N) is 9. The summed E-state index contributed by atoms with van der Waals surface area (Å²) in [6.07, 6.45) is 1.42. The van der Waals surface area contributed by atoms with Gasteiger partial charge in [0.25, 0.3) is 6.43 Å². The fourth-order valence-corrected chi connectivity index (χ4v) is 5.55. The zero-order valence-corrected chi connectivity index (χ0v) is 24.8. The van der Waals surface area contributed by atoms with Gasteiger partial charge in [0, 0.05) is 52.0 Å². The SMILES string of the molecule is C=CC(=O)N1CCC[C@H](OCCC(=O)N2CCN(c3nc(-c4cnc(N)nc4C(F)F)nc(N4CCOC[C@@H]4C)n3)CC2)C1. The third-order valence-corrected chi connectivity index (χ3v) is 7.97. The van der Waals surface area contributed by atoms with Gasteiger partial charge < -0.3 is 34.8 Å². The fraction of sp³-hybridized carbons (Fsp3) is 0.607. The first-order valence-electron chi connectivity index (χ1n) is 14.8. The van der Waals surface area contributed by atoms with Crippen LogP contribution in [0.2, 0.25) is 0 Å². The summed E-state index contributed by atoms with van der Waals surface area (Å²) in [5.74, 6) is 0.261. The van der Waals surface area contributed by atoms with Crippen LogP contribution in [0.3, 0.4) is 0 Å². The Morgan fingerprint density at radius 3 is 2.61 bits per heavy atom. The van der Waals surface area contributed by atoms with Crippen molar-refractivity contribution in [3.8, 4) is 11.4 Å². The van der Waals surface area contributed by atoms with Crippen LogP contribution >= 0.6 is 0 Å². The molecule has 5 rings (SSSR count). The molecule has 3 fully saturated rings. The van der Waals surface area contributed by atoms with Crippen molar-refractivity contribution in [1.29, 1.82) is 0 Å². The number of likely N-dealkylation sites (tertiary alicyclic amines) is 1. The Hall–Kier alpha value is -4.05. The molecular weight excluding hydrogens is 578 g/mol. The number of halogens is 2. The zero-order valence-electron chi connectivity index (χ0n) is 24.8. The normalized spacial score (nSPS) is 21.1. The minimum absolute atomic E-state index is 0.0192. The third kappa shape index (κ3) is 7.35. The van der Waals surface area contributed by atoms with E-state index in [1.165, 1.54) is 12.3 Å². The summed E-state index contributed by atoms with van der Waals surface area (Å²) in [5.41, 5.74) is 5.01. The van der Waals surface area contributed by atoms with E-state index < -0.39 is 12.1 Å². The molecule has 3 aliphatic heterocycles. The van der Waals surface area contributed by atoms with Gasteiger partial charge in [-0.3, -0.25) is 9.59 Å². The molecule has 5 heterocycles. The standard InChI is InChI=1S/C28H38F2N10O4/c1-3-21(41)39-7-4-5-19(16-39)44-13-6-22(42)37-8-10-38(11-9-37)27-34-25(20-15-32-26(31)33-23(20)24(29)30)35-28(36-27)40-12-14-43-17-18(40)2/h3,15,18-19,24H,1,4-14,16-17H2,2H3,(H2,31,32,33)/t18-,19-/m0/s1. The number of carbonyl (C=O) groups is 2. The number of rotatable bonds is 9. The van der Waals surface area contributed by atoms with Gasteiger partial charge in [-0.2, -0.15) is 15.0 Å². The Kier molecular flexibility index (Phi) is 10.1. The summed E-state index contributed by atoms with van der Waals surface area (Å²) in [4.78, 5) is 53.7. The van der Waals surface area contributed by atoms with Crippen molar-refractivity contribution in [1.82, 2.24) is 34.7 Å². The number of carbonyl (C=O) groups excluding carboxylic acids is 2. The summed E-state index contributed by atoms with van der Waals surface area (Å²) in [7, 11) is 0. The zero-order chi connectivity index (χ0) is 31.2. The molecule has 3 aliphatic rings. The summed E-state index contributed by atoms with van der Waals surface area (Å²) in [5, 5.41) is 0. The number of amides is 2. The molecule has 2 atom stereocenters. The summed E-state index contributed by atoms with van der Waals surface area (Å²) in [6.45, 7) is 10.2. The lowest BCUT2D eigenvalue weighted by atomic mass is 10.1. The van der Waals surface area contributed by atoms with Crippen LogP contribution in [0.4, 0.5) is 26.6 Å². The maximum absolute atomic E-state index is 13.9. The van der Waals surface area contributed by atoms with E-state index in [1.807, 2.05) is 16.7 Å². The van der Waals surface area contributed by atoms with E-state index >= 15 is 0 Å². The Morgan fingerprint density at radius 1 is 1.11 bits per heavy atom. The van der Waals surface area contributed by atoms with Crippen molar-refractivity contribution in [3.05, 3.63) is 24.5 Å². The van der Waals surface area contributed by atoms with Crippen LogP contribution < -0.4 is 15.5 Å². The molecule has 2 N–H and O–H groups in total. The number of piperazine rings is 1. The second-order valence-electron chi connectivity index (χ2n) is 10.9. The van der Waals surface area contributed by atoms with Crippen LogP contribution in [0.5, 0.6) is 0 Å². The number of ether oxygens (including phenoxy) is 2. The number of anilines is 3. The minimum Gasteiger partial charge on any atom is -0.377 e. The number of hydrogen-bond acceptors (Lipinski definition) is 12. The molecule has 2 amide bonds. The average Bonchev–Trinajstić information content (AvgIpc) is 3.04. The predicted octanol–water partition coefficient (Wildman–Crippen LogP) is 1.31. The minimum atomic E-state index is -2.91. The van der Waals surface area contributed by atoms with E-state index in [9.17, 15) is 18.4 Å². The molecule has 2 aromatic heterocycles. The first-order valence-corrected chi connectivity index (χ1v) is 14.8. The molecule has 44 heavy (non-hydrogen) atoms. The summed E-state index contributed by atoms with van der Waals surface area (Å²) < 4.78 is 39.3. The highest BCUT2D eigenvalue weighted by Gasteiger charge is 2.29. The lowest BCUT2D eigenvalue weighted by Gasteiger charge is -2.36. The molecule has 238 valence electrons. The average molecular weight is 617 g/mol. The molecule has 14 nitrogen and oxygen atoms in total. The predicted molar refractivity (Wildman–Crippen MR) is 157 cm³/mol. The van der Waals surface area contributed by atoms with Crippen LogP contribution in [0, 0.1) is 0 Å². The van der Waals surface area contributed by atoms with E-state index in [0.29, 0.717) is 70.9 Å². The second kappa shape index (κ2) is 14.2. The van der Waals surface area contributed by atoms with Gasteiger partial charge in [-0.15, -0.1) is 0 Å². The maximum Gasteiger partial charge on any atom is 0.281 e. The molecular formula is C28H38F2N10O4. The lowest BCUT2D eigenvalue weighted by Crippen LogP contribution is -2.50. The van der Waals surface area contributed by atoms with Crippen LogP contribution in [-0.2, 0) is 19.1 Å². The van der Waals surface area contributed by atoms with Crippen LogP contribution in [-0.4, -0.2) is 124 Å². The Bertz CT molecular complexity index is 1340. The van der Waals surface area contributed by atoms with Gasteiger partial charge in [-0.05, 0) is 25.8 Å². The highest BCUT2D eigenvalue weighted by molar-refractivity contribution is 5.87. The van der Waals surface area contributed by atoms with E-state index in [2.05, 4.69) is 26.5 Å². The first kappa shape index (κ1) is 31.4. The molecule has 0 spiro atoms. The Morgan fingerprint density at radius 2 is 1.89 bits per heavy atom. The summed E-state index contributed by atoms with van der Waals surface area (Å²) in [6, 6.07) is -0.0417. The van der Waals surface area contributed by atoms with Crippen molar-refractivity contribution in [2.75, 3.05) is 81.2 Å². The third-order valence-electron chi connectivity index (χ3n) is 7.97.